The molecule has 1 aromatic carbocycles. The predicted molar refractivity (Wildman–Crippen MR) is 108 cm³/mol. The molecule has 3 N–H and O–H groups in total. The van der Waals surface area contributed by atoms with E-state index in [0.29, 0.717) is 26.2 Å². The van der Waals surface area contributed by atoms with E-state index in [1.54, 1.807) is 23.2 Å². The largest absolute Gasteiger partial charge is 0.354 e. The van der Waals surface area contributed by atoms with E-state index >= 15 is 0 Å². The summed E-state index contributed by atoms with van der Waals surface area (Å²) in [4.78, 5) is 26.4. The summed E-state index contributed by atoms with van der Waals surface area (Å²) in [6.07, 6.45) is 4.59. The number of halogens is 2. The monoisotopic (exact) mass is 424 g/mol. The maximum absolute atomic E-state index is 13.3. The first kappa shape index (κ1) is 22.8. The zero-order chi connectivity index (χ0) is 19.9. The van der Waals surface area contributed by atoms with Crippen LogP contribution in [0.2, 0.25) is 0 Å². The van der Waals surface area contributed by atoms with Crippen molar-refractivity contribution >= 4 is 24.2 Å². The second-order valence-corrected chi connectivity index (χ2v) is 6.92. The van der Waals surface area contributed by atoms with Crippen molar-refractivity contribution in [3.05, 3.63) is 47.5 Å². The van der Waals surface area contributed by atoms with Gasteiger partial charge >= 0.3 is 0 Å². The van der Waals surface area contributed by atoms with Crippen LogP contribution in [0.4, 0.5) is 4.39 Å². The summed E-state index contributed by atoms with van der Waals surface area (Å²) in [5.74, 6) is -0.633. The van der Waals surface area contributed by atoms with Gasteiger partial charge in [0.1, 0.15) is 5.82 Å². The number of nitrogens with one attached hydrogen (secondary N) is 1. The van der Waals surface area contributed by atoms with Gasteiger partial charge in [-0.15, -0.1) is 17.5 Å². The molecule has 1 saturated heterocycles. The minimum absolute atomic E-state index is 0. The molecule has 0 bridgehead atoms. The first-order valence-electron chi connectivity index (χ1n) is 9.49. The van der Waals surface area contributed by atoms with Crippen LogP contribution in [-0.4, -0.2) is 57.4 Å². The van der Waals surface area contributed by atoms with Gasteiger partial charge in [-0.05, 0) is 37.0 Å². The molecule has 1 aliphatic rings. The van der Waals surface area contributed by atoms with Crippen molar-refractivity contribution in [2.75, 3.05) is 19.6 Å². The minimum Gasteiger partial charge on any atom is -0.354 e. The number of benzene rings is 1. The number of rotatable bonds is 7. The molecule has 10 heteroatoms. The Kier molecular flexibility index (Phi) is 8.53. The Morgan fingerprint density at radius 3 is 2.90 bits per heavy atom. The summed E-state index contributed by atoms with van der Waals surface area (Å²) in [5, 5.41) is 10.8. The van der Waals surface area contributed by atoms with Crippen LogP contribution in [0.1, 0.15) is 41.7 Å². The molecule has 29 heavy (non-hydrogen) atoms. The molecule has 0 spiro atoms. The quantitative estimate of drug-likeness (QED) is 0.697. The fourth-order valence-corrected chi connectivity index (χ4v) is 3.37. The molecule has 2 heterocycles. The van der Waals surface area contributed by atoms with Gasteiger partial charge in [0.25, 0.3) is 5.91 Å². The molecule has 2 amide bonds. The van der Waals surface area contributed by atoms with E-state index in [4.69, 9.17) is 5.73 Å². The summed E-state index contributed by atoms with van der Waals surface area (Å²) in [5.41, 5.74) is 6.38. The van der Waals surface area contributed by atoms with E-state index in [1.165, 1.54) is 16.8 Å². The van der Waals surface area contributed by atoms with Crippen LogP contribution in [0, 0.1) is 5.82 Å². The van der Waals surface area contributed by atoms with Gasteiger partial charge in [-0.2, -0.15) is 0 Å². The lowest BCUT2D eigenvalue weighted by atomic mass is 10.0. The van der Waals surface area contributed by atoms with Crippen molar-refractivity contribution in [1.29, 1.82) is 0 Å². The van der Waals surface area contributed by atoms with Gasteiger partial charge in [0.05, 0.1) is 12.7 Å². The maximum atomic E-state index is 13.3. The van der Waals surface area contributed by atoms with Crippen molar-refractivity contribution in [3.63, 3.8) is 0 Å². The highest BCUT2D eigenvalue weighted by atomic mass is 35.5. The van der Waals surface area contributed by atoms with Crippen LogP contribution in [0.25, 0.3) is 0 Å². The number of hydrogen-bond acceptors (Lipinski definition) is 5. The molecule has 1 atom stereocenters. The molecule has 0 saturated carbocycles. The Morgan fingerprint density at radius 1 is 1.31 bits per heavy atom. The number of likely N-dealkylation sites (tertiary alicyclic amines) is 1. The Morgan fingerprint density at radius 2 is 2.14 bits per heavy atom. The van der Waals surface area contributed by atoms with E-state index in [2.05, 4.69) is 15.6 Å². The second-order valence-electron chi connectivity index (χ2n) is 6.92. The number of piperidine rings is 1. The number of carbonyl (C=O) groups excluding carboxylic acids is 2. The average Bonchev–Trinajstić information content (AvgIpc) is 3.15. The second kappa shape index (κ2) is 10.9. The highest BCUT2D eigenvalue weighted by Crippen LogP contribution is 2.19. The highest BCUT2D eigenvalue weighted by molar-refractivity contribution is 5.92. The number of nitrogens with two attached hydrogens (primary N) is 1. The van der Waals surface area contributed by atoms with E-state index < -0.39 is 0 Å². The zero-order valence-electron chi connectivity index (χ0n) is 16.1. The van der Waals surface area contributed by atoms with Crippen LogP contribution in [-0.2, 0) is 11.3 Å². The molecule has 2 aromatic rings. The Hall–Kier alpha value is -2.52. The first-order chi connectivity index (χ1) is 13.6. The van der Waals surface area contributed by atoms with E-state index in [1.807, 2.05) is 0 Å². The van der Waals surface area contributed by atoms with Gasteiger partial charge in [-0.25, -0.2) is 9.07 Å². The topological polar surface area (TPSA) is 106 Å². The number of hydrogen-bond donors (Lipinski definition) is 2. The first-order valence-corrected chi connectivity index (χ1v) is 9.49. The molecular formula is C19H26ClFN6O2. The van der Waals surface area contributed by atoms with Crippen LogP contribution >= 0.6 is 12.4 Å². The van der Waals surface area contributed by atoms with Crippen LogP contribution in [0.5, 0.6) is 0 Å². The lowest BCUT2D eigenvalue weighted by Crippen LogP contribution is -2.49. The van der Waals surface area contributed by atoms with Crippen LogP contribution < -0.4 is 11.1 Å². The summed E-state index contributed by atoms with van der Waals surface area (Å²) in [6, 6.07) is 6.15. The van der Waals surface area contributed by atoms with Crippen molar-refractivity contribution in [2.45, 2.75) is 38.3 Å². The van der Waals surface area contributed by atoms with Crippen LogP contribution in [0.15, 0.2) is 30.5 Å². The fraction of sp³-hybridized carbons (Fsp3) is 0.474. The number of amides is 2. The average molecular weight is 425 g/mol. The smallest absolute Gasteiger partial charge is 0.276 e. The molecule has 1 unspecified atom stereocenters. The van der Waals surface area contributed by atoms with Crippen molar-refractivity contribution in [1.82, 2.24) is 25.2 Å². The van der Waals surface area contributed by atoms with Crippen molar-refractivity contribution < 1.29 is 14.0 Å². The maximum Gasteiger partial charge on any atom is 0.276 e. The number of carbonyl (C=O) groups is 2. The summed E-state index contributed by atoms with van der Waals surface area (Å²) in [6.45, 7) is 1.65. The summed E-state index contributed by atoms with van der Waals surface area (Å²) in [7, 11) is 0. The third-order valence-corrected chi connectivity index (χ3v) is 4.79. The van der Waals surface area contributed by atoms with Gasteiger partial charge in [-0.1, -0.05) is 17.3 Å². The molecule has 158 valence electrons. The summed E-state index contributed by atoms with van der Waals surface area (Å²) < 4.78 is 14.8. The van der Waals surface area contributed by atoms with Gasteiger partial charge in [0, 0.05) is 32.1 Å². The highest BCUT2D eigenvalue weighted by Gasteiger charge is 2.29. The number of nitrogens with zero attached hydrogens (tertiary/aromatic N) is 4. The summed E-state index contributed by atoms with van der Waals surface area (Å²) >= 11 is 0. The minimum atomic E-state index is -0.318. The third kappa shape index (κ3) is 6.23. The Balaban J connectivity index is 0.00000300. The lowest BCUT2D eigenvalue weighted by molar-refractivity contribution is -0.121. The van der Waals surface area contributed by atoms with Crippen molar-refractivity contribution in [2.24, 2.45) is 5.73 Å². The van der Waals surface area contributed by atoms with Gasteiger partial charge < -0.3 is 16.0 Å². The molecule has 8 nitrogen and oxygen atoms in total. The van der Waals surface area contributed by atoms with Gasteiger partial charge in [-0.3, -0.25) is 9.59 Å². The third-order valence-electron chi connectivity index (χ3n) is 4.79. The van der Waals surface area contributed by atoms with Crippen LogP contribution in [0.3, 0.4) is 0 Å². The number of aromatic nitrogens is 3. The van der Waals surface area contributed by atoms with Gasteiger partial charge in [0.2, 0.25) is 5.91 Å². The molecule has 0 radical (unpaired) electrons. The predicted octanol–water partition coefficient (Wildman–Crippen LogP) is 1.35. The van der Waals surface area contributed by atoms with E-state index in [-0.39, 0.29) is 48.2 Å². The molecular weight excluding hydrogens is 399 g/mol. The fourth-order valence-electron chi connectivity index (χ4n) is 3.37. The van der Waals surface area contributed by atoms with E-state index in [9.17, 15) is 14.0 Å². The molecule has 0 aliphatic carbocycles. The van der Waals surface area contributed by atoms with Gasteiger partial charge in [0.15, 0.2) is 5.69 Å². The Labute approximate surface area is 175 Å². The zero-order valence-corrected chi connectivity index (χ0v) is 16.9. The van der Waals surface area contributed by atoms with Crippen molar-refractivity contribution in [3.8, 4) is 0 Å². The molecule has 1 aliphatic heterocycles. The normalized spacial score (nSPS) is 16.2. The lowest BCUT2D eigenvalue weighted by Gasteiger charge is -2.35. The SMILES string of the molecule is Cl.NCCC(=O)NCC1CCCCN1C(=O)c1cn(Cc2cccc(F)c2)nn1. The molecule has 1 aromatic heterocycles. The Bertz CT molecular complexity index is 831. The molecule has 3 rings (SSSR count). The van der Waals surface area contributed by atoms with E-state index in [0.717, 1.165) is 24.8 Å². The standard InChI is InChI=1S/C19H25FN6O2.ClH/c20-15-5-3-4-14(10-15)12-25-13-17(23-24-25)19(28)26-9-2-1-6-16(26)11-22-18(27)7-8-21;/h3-5,10,13,16H,1-2,6-9,11-12,21H2,(H,22,27);1H. The molecule has 1 fully saturated rings.